The average Bonchev–Trinajstić information content (AvgIpc) is 3.02. The van der Waals surface area contributed by atoms with Crippen molar-refractivity contribution in [1.82, 2.24) is 0 Å². The Bertz CT molecular complexity index is 1700. The second-order valence-corrected chi connectivity index (χ2v) is 9.44. The molecule has 0 heteroatoms. The maximum absolute atomic E-state index is 2.43. The first-order valence-corrected chi connectivity index (χ1v) is 11.0. The quantitative estimate of drug-likeness (QED) is 0.179. The zero-order chi connectivity index (χ0) is 20.7. The summed E-state index contributed by atoms with van der Waals surface area (Å²) in [6.07, 6.45) is 0. The van der Waals surface area contributed by atoms with Crippen LogP contribution in [0, 0.1) is 0 Å². The van der Waals surface area contributed by atoms with Gasteiger partial charge in [0, 0.05) is 5.41 Å². The maximum atomic E-state index is 2.43. The Balaban J connectivity index is 1.58. The molecule has 0 fully saturated rings. The molecule has 1 aliphatic rings. The number of fused-ring (bicyclic) bond motifs is 9. The molecule has 31 heavy (non-hydrogen) atoms. The zero-order valence-electron chi connectivity index (χ0n) is 17.7. The van der Waals surface area contributed by atoms with Crippen LogP contribution in [0.3, 0.4) is 0 Å². The van der Waals surface area contributed by atoms with Gasteiger partial charge < -0.3 is 0 Å². The van der Waals surface area contributed by atoms with Gasteiger partial charge in [0.2, 0.25) is 0 Å². The predicted octanol–water partition coefficient (Wildman–Crippen LogP) is 8.61. The summed E-state index contributed by atoms with van der Waals surface area (Å²) in [5, 5.41) is 10.6. The summed E-state index contributed by atoms with van der Waals surface area (Å²) in [4.78, 5) is 0. The monoisotopic (exact) mass is 394 g/mol. The van der Waals surface area contributed by atoms with E-state index >= 15 is 0 Å². The Morgan fingerprint density at radius 3 is 1.87 bits per heavy atom. The van der Waals surface area contributed by atoms with Crippen molar-refractivity contribution in [2.75, 3.05) is 0 Å². The highest BCUT2D eigenvalue weighted by atomic mass is 14.4. The molecule has 0 N–H and O–H groups in total. The normalized spacial score (nSPS) is 14.4. The lowest BCUT2D eigenvalue weighted by atomic mass is 9.79. The molecule has 1 aliphatic carbocycles. The van der Waals surface area contributed by atoms with Crippen molar-refractivity contribution in [3.8, 4) is 11.1 Å². The van der Waals surface area contributed by atoms with E-state index in [9.17, 15) is 0 Å². The van der Waals surface area contributed by atoms with Gasteiger partial charge in [-0.2, -0.15) is 0 Å². The van der Waals surface area contributed by atoms with E-state index in [0.717, 1.165) is 0 Å². The molecule has 0 heterocycles. The third-order valence-corrected chi connectivity index (χ3v) is 7.36. The molecule has 0 nitrogen and oxygen atoms in total. The number of benzene rings is 6. The van der Waals surface area contributed by atoms with Crippen LogP contribution in [0.1, 0.15) is 25.0 Å². The molecule has 0 aliphatic heterocycles. The molecule has 0 bridgehead atoms. The van der Waals surface area contributed by atoms with Gasteiger partial charge in [-0.3, -0.25) is 0 Å². The third kappa shape index (κ3) is 2.20. The number of hydrogen-bond donors (Lipinski definition) is 0. The van der Waals surface area contributed by atoms with Crippen molar-refractivity contribution in [3.05, 3.63) is 108 Å². The van der Waals surface area contributed by atoms with Crippen LogP contribution < -0.4 is 0 Å². The zero-order valence-corrected chi connectivity index (χ0v) is 17.7. The van der Waals surface area contributed by atoms with Gasteiger partial charge in [-0.1, -0.05) is 86.6 Å². The van der Waals surface area contributed by atoms with Crippen LogP contribution in [0.2, 0.25) is 0 Å². The van der Waals surface area contributed by atoms with Crippen molar-refractivity contribution in [3.63, 3.8) is 0 Å². The standard InChI is InChI=1S/C31H22/c1-31(2)29-18-23-16-21-9-4-3-8-20(21)15-22(23)17-28(29)27-14-13-25-24-10-6-5-7-19(24)11-12-26(25)30(27)31/h3-18H,1-2H3. The lowest BCUT2D eigenvalue weighted by Gasteiger charge is -2.24. The highest BCUT2D eigenvalue weighted by molar-refractivity contribution is 6.12. The summed E-state index contributed by atoms with van der Waals surface area (Å²) in [5.74, 6) is 0. The summed E-state index contributed by atoms with van der Waals surface area (Å²) in [7, 11) is 0. The van der Waals surface area contributed by atoms with E-state index in [4.69, 9.17) is 0 Å². The summed E-state index contributed by atoms with van der Waals surface area (Å²) >= 11 is 0. The van der Waals surface area contributed by atoms with Gasteiger partial charge in [0.1, 0.15) is 0 Å². The maximum Gasteiger partial charge on any atom is 0.0165 e. The van der Waals surface area contributed by atoms with Crippen molar-refractivity contribution >= 4 is 43.1 Å². The molecule has 6 aromatic rings. The second-order valence-electron chi connectivity index (χ2n) is 9.44. The predicted molar refractivity (Wildman–Crippen MR) is 134 cm³/mol. The van der Waals surface area contributed by atoms with Crippen LogP contribution >= 0.6 is 0 Å². The van der Waals surface area contributed by atoms with Crippen LogP contribution in [0.15, 0.2) is 97.1 Å². The first-order chi connectivity index (χ1) is 15.1. The second kappa shape index (κ2) is 5.74. The Hall–Kier alpha value is -3.64. The van der Waals surface area contributed by atoms with Crippen LogP contribution in [-0.4, -0.2) is 0 Å². The molecule has 0 atom stereocenters. The Kier molecular flexibility index (Phi) is 3.16. The van der Waals surface area contributed by atoms with Crippen LogP contribution in [-0.2, 0) is 5.41 Å². The third-order valence-electron chi connectivity index (χ3n) is 7.36. The molecule has 0 amide bonds. The number of rotatable bonds is 0. The lowest BCUT2D eigenvalue weighted by molar-refractivity contribution is 0.667. The molecule has 0 saturated carbocycles. The Morgan fingerprint density at radius 1 is 0.452 bits per heavy atom. The van der Waals surface area contributed by atoms with E-state index < -0.39 is 0 Å². The van der Waals surface area contributed by atoms with Crippen LogP contribution in [0.5, 0.6) is 0 Å². The first-order valence-electron chi connectivity index (χ1n) is 11.0. The van der Waals surface area contributed by atoms with E-state index in [1.165, 1.54) is 65.3 Å². The molecule has 146 valence electrons. The lowest BCUT2D eigenvalue weighted by Crippen LogP contribution is -2.15. The van der Waals surface area contributed by atoms with E-state index in [1.54, 1.807) is 0 Å². The molecule has 6 aromatic carbocycles. The fraction of sp³-hybridized carbons (Fsp3) is 0.0968. The van der Waals surface area contributed by atoms with Crippen LogP contribution in [0.25, 0.3) is 54.2 Å². The minimum atomic E-state index is -0.0352. The average molecular weight is 395 g/mol. The van der Waals surface area contributed by atoms with Crippen molar-refractivity contribution < 1.29 is 0 Å². The van der Waals surface area contributed by atoms with Crippen LogP contribution in [0.4, 0.5) is 0 Å². The molecular weight excluding hydrogens is 372 g/mol. The molecule has 0 saturated heterocycles. The van der Waals surface area contributed by atoms with Crippen molar-refractivity contribution in [2.24, 2.45) is 0 Å². The number of hydrogen-bond acceptors (Lipinski definition) is 0. The summed E-state index contributed by atoms with van der Waals surface area (Å²) in [5.41, 5.74) is 5.64. The smallest absolute Gasteiger partial charge is 0.0165 e. The summed E-state index contributed by atoms with van der Waals surface area (Å²) < 4.78 is 0. The molecule has 7 rings (SSSR count). The van der Waals surface area contributed by atoms with Gasteiger partial charge in [-0.15, -0.1) is 0 Å². The highest BCUT2D eigenvalue weighted by Gasteiger charge is 2.37. The van der Waals surface area contributed by atoms with Gasteiger partial charge in [-0.05, 0) is 89.6 Å². The van der Waals surface area contributed by atoms with E-state index in [0.29, 0.717) is 0 Å². The topological polar surface area (TPSA) is 0 Å². The Morgan fingerprint density at radius 2 is 1.10 bits per heavy atom. The summed E-state index contributed by atoms with van der Waals surface area (Å²) in [6, 6.07) is 36.2. The SMILES string of the molecule is CC1(C)c2cc3cc4ccccc4cc3cc2-c2ccc3c(ccc4ccccc43)c21. The first kappa shape index (κ1) is 17.1. The Labute approximate surface area is 181 Å². The molecule has 0 radical (unpaired) electrons. The molecule has 0 unspecified atom stereocenters. The van der Waals surface area contributed by atoms with E-state index in [-0.39, 0.29) is 5.41 Å². The van der Waals surface area contributed by atoms with E-state index in [2.05, 4.69) is 111 Å². The fourth-order valence-corrected chi connectivity index (χ4v) is 5.85. The van der Waals surface area contributed by atoms with Gasteiger partial charge in [0.15, 0.2) is 0 Å². The highest BCUT2D eigenvalue weighted by Crippen LogP contribution is 2.53. The molecular formula is C31H22. The van der Waals surface area contributed by atoms with Gasteiger partial charge >= 0.3 is 0 Å². The summed E-state index contributed by atoms with van der Waals surface area (Å²) in [6.45, 7) is 4.78. The minimum Gasteiger partial charge on any atom is -0.0616 e. The molecule has 0 spiro atoms. The minimum absolute atomic E-state index is 0.0352. The fourth-order valence-electron chi connectivity index (χ4n) is 5.85. The van der Waals surface area contributed by atoms with Gasteiger partial charge in [0.05, 0.1) is 0 Å². The largest absolute Gasteiger partial charge is 0.0616 e. The van der Waals surface area contributed by atoms with Crippen molar-refractivity contribution in [1.29, 1.82) is 0 Å². The van der Waals surface area contributed by atoms with Crippen molar-refractivity contribution in [2.45, 2.75) is 19.3 Å². The van der Waals surface area contributed by atoms with E-state index in [1.807, 2.05) is 0 Å². The molecule has 0 aromatic heterocycles. The van der Waals surface area contributed by atoms with Gasteiger partial charge in [0.25, 0.3) is 0 Å². The van der Waals surface area contributed by atoms with Gasteiger partial charge in [-0.25, -0.2) is 0 Å².